The molecule has 1 aliphatic rings. The van der Waals surface area contributed by atoms with Gasteiger partial charge >= 0.3 is 0 Å². The van der Waals surface area contributed by atoms with Crippen molar-refractivity contribution in [2.75, 3.05) is 20.2 Å². The molecule has 1 fully saturated rings. The maximum atomic E-state index is 13.5. The summed E-state index contributed by atoms with van der Waals surface area (Å²) in [6.07, 6.45) is -0.187. The highest BCUT2D eigenvalue weighted by Gasteiger charge is 2.22. The van der Waals surface area contributed by atoms with E-state index >= 15 is 0 Å². The zero-order chi connectivity index (χ0) is 13.8. The predicted octanol–water partition coefficient (Wildman–Crippen LogP) is 3.31. The molecule has 106 valence electrons. The fourth-order valence-electron chi connectivity index (χ4n) is 2.63. The van der Waals surface area contributed by atoms with Crippen molar-refractivity contribution < 1.29 is 17.9 Å². The first kappa shape index (κ1) is 14.2. The highest BCUT2D eigenvalue weighted by Crippen LogP contribution is 2.35. The molecule has 2 rings (SSSR count). The molecule has 0 aliphatic carbocycles. The van der Waals surface area contributed by atoms with E-state index in [2.05, 4.69) is 5.32 Å². The topological polar surface area (TPSA) is 21.3 Å². The summed E-state index contributed by atoms with van der Waals surface area (Å²) in [6, 6.07) is 2.17. The Morgan fingerprint density at radius 1 is 1.32 bits per heavy atom. The number of alkyl halides is 2. The van der Waals surface area contributed by atoms with Gasteiger partial charge < -0.3 is 10.1 Å². The SMILES string of the molecule is COc1c(CC2CCNCC2)cc(F)cc1C(F)F. The van der Waals surface area contributed by atoms with Gasteiger partial charge in [-0.25, -0.2) is 13.2 Å². The molecule has 0 bridgehead atoms. The van der Waals surface area contributed by atoms with E-state index in [9.17, 15) is 13.2 Å². The van der Waals surface area contributed by atoms with E-state index < -0.39 is 12.2 Å². The second-order valence-electron chi connectivity index (χ2n) is 4.89. The summed E-state index contributed by atoms with van der Waals surface area (Å²) >= 11 is 0. The van der Waals surface area contributed by atoms with Crippen molar-refractivity contribution >= 4 is 0 Å². The van der Waals surface area contributed by atoms with Crippen LogP contribution in [0.5, 0.6) is 5.75 Å². The van der Waals surface area contributed by atoms with Gasteiger partial charge in [0, 0.05) is 0 Å². The smallest absolute Gasteiger partial charge is 0.267 e. The van der Waals surface area contributed by atoms with Crippen LogP contribution in [0.25, 0.3) is 0 Å². The minimum atomic E-state index is -2.72. The van der Waals surface area contributed by atoms with Crippen molar-refractivity contribution in [2.45, 2.75) is 25.7 Å². The van der Waals surface area contributed by atoms with E-state index in [1.807, 2.05) is 0 Å². The summed E-state index contributed by atoms with van der Waals surface area (Å²) in [6.45, 7) is 1.84. The third kappa shape index (κ3) is 3.41. The van der Waals surface area contributed by atoms with Crippen LogP contribution in [0.2, 0.25) is 0 Å². The first-order chi connectivity index (χ1) is 9.11. The molecule has 0 saturated carbocycles. The number of halogens is 3. The molecule has 0 atom stereocenters. The Balaban J connectivity index is 2.27. The van der Waals surface area contributed by atoms with E-state index in [0.717, 1.165) is 32.0 Å². The number of hydrogen-bond acceptors (Lipinski definition) is 2. The van der Waals surface area contributed by atoms with Crippen LogP contribution in [0.3, 0.4) is 0 Å². The van der Waals surface area contributed by atoms with E-state index in [4.69, 9.17) is 4.74 Å². The van der Waals surface area contributed by atoms with Gasteiger partial charge in [-0.05, 0) is 56.0 Å². The van der Waals surface area contributed by atoms with Gasteiger partial charge in [-0.2, -0.15) is 0 Å². The van der Waals surface area contributed by atoms with Gasteiger partial charge in [0.2, 0.25) is 0 Å². The van der Waals surface area contributed by atoms with Crippen LogP contribution >= 0.6 is 0 Å². The number of hydrogen-bond donors (Lipinski definition) is 1. The summed E-state index contributed by atoms with van der Waals surface area (Å²) in [4.78, 5) is 0. The fourth-order valence-corrected chi connectivity index (χ4v) is 2.63. The Morgan fingerprint density at radius 2 is 2.00 bits per heavy atom. The minimum Gasteiger partial charge on any atom is -0.496 e. The maximum absolute atomic E-state index is 13.5. The predicted molar refractivity (Wildman–Crippen MR) is 67.2 cm³/mol. The van der Waals surface area contributed by atoms with Gasteiger partial charge in [0.05, 0.1) is 12.7 Å². The quantitative estimate of drug-likeness (QED) is 0.908. The van der Waals surface area contributed by atoms with Gasteiger partial charge in [0.15, 0.2) is 0 Å². The van der Waals surface area contributed by atoms with Crippen LogP contribution in [0.4, 0.5) is 13.2 Å². The summed E-state index contributed by atoms with van der Waals surface area (Å²) in [5.74, 6) is -0.0996. The molecule has 1 aromatic carbocycles. The highest BCUT2D eigenvalue weighted by atomic mass is 19.3. The zero-order valence-electron chi connectivity index (χ0n) is 10.9. The molecule has 1 aromatic rings. The Hall–Kier alpha value is -1.23. The zero-order valence-corrected chi connectivity index (χ0v) is 10.9. The number of ether oxygens (including phenoxy) is 1. The molecule has 0 spiro atoms. The third-order valence-electron chi connectivity index (χ3n) is 3.57. The number of methoxy groups -OCH3 is 1. The molecule has 2 nitrogen and oxygen atoms in total. The van der Waals surface area contributed by atoms with Crippen molar-refractivity contribution in [3.05, 3.63) is 29.1 Å². The van der Waals surface area contributed by atoms with Crippen LogP contribution in [0.1, 0.15) is 30.4 Å². The molecule has 0 amide bonds. The summed E-state index contributed by atoms with van der Waals surface area (Å²) in [7, 11) is 1.35. The van der Waals surface area contributed by atoms with Gasteiger partial charge in [0.25, 0.3) is 6.43 Å². The standard InChI is InChI=1S/C14H18F3NO/c1-19-13-10(6-9-2-4-18-5-3-9)7-11(15)8-12(13)14(16)17/h7-9,14,18H,2-6H2,1H3. The van der Waals surface area contributed by atoms with Gasteiger partial charge in [-0.15, -0.1) is 0 Å². The number of piperidine rings is 1. The van der Waals surface area contributed by atoms with Crippen LogP contribution < -0.4 is 10.1 Å². The normalized spacial score (nSPS) is 16.9. The van der Waals surface area contributed by atoms with Crippen molar-refractivity contribution in [1.29, 1.82) is 0 Å². The lowest BCUT2D eigenvalue weighted by atomic mass is 9.90. The van der Waals surface area contributed by atoms with Crippen molar-refractivity contribution in [1.82, 2.24) is 5.32 Å². The molecule has 1 aliphatic heterocycles. The summed E-state index contributed by atoms with van der Waals surface area (Å²) in [5.41, 5.74) is 0.191. The monoisotopic (exact) mass is 273 g/mol. The molecule has 19 heavy (non-hydrogen) atoms. The largest absolute Gasteiger partial charge is 0.496 e. The molecule has 1 heterocycles. The third-order valence-corrected chi connectivity index (χ3v) is 3.57. The Bertz CT molecular complexity index is 431. The fraction of sp³-hybridized carbons (Fsp3) is 0.571. The van der Waals surface area contributed by atoms with Crippen molar-refractivity contribution in [3.63, 3.8) is 0 Å². The number of benzene rings is 1. The maximum Gasteiger partial charge on any atom is 0.267 e. The van der Waals surface area contributed by atoms with E-state index in [1.54, 1.807) is 0 Å². The highest BCUT2D eigenvalue weighted by molar-refractivity contribution is 5.43. The number of rotatable bonds is 4. The lowest BCUT2D eigenvalue weighted by Gasteiger charge is -2.24. The molecule has 0 unspecified atom stereocenters. The number of nitrogens with one attached hydrogen (secondary N) is 1. The minimum absolute atomic E-state index is 0.134. The van der Waals surface area contributed by atoms with Gasteiger partial charge in [0.1, 0.15) is 11.6 Å². The van der Waals surface area contributed by atoms with Crippen molar-refractivity contribution in [2.24, 2.45) is 5.92 Å². The first-order valence-corrected chi connectivity index (χ1v) is 6.47. The van der Waals surface area contributed by atoms with E-state index in [1.165, 1.54) is 13.2 Å². The van der Waals surface area contributed by atoms with Crippen LogP contribution in [0, 0.1) is 11.7 Å². The van der Waals surface area contributed by atoms with Crippen LogP contribution in [-0.4, -0.2) is 20.2 Å². The Kier molecular flexibility index (Phi) is 4.69. The van der Waals surface area contributed by atoms with Crippen LogP contribution in [-0.2, 0) is 6.42 Å². The van der Waals surface area contributed by atoms with Gasteiger partial charge in [-0.1, -0.05) is 0 Å². The molecular formula is C14H18F3NO. The molecule has 0 aromatic heterocycles. The lowest BCUT2D eigenvalue weighted by Crippen LogP contribution is -2.28. The molecule has 1 N–H and O–H groups in total. The second-order valence-corrected chi connectivity index (χ2v) is 4.89. The molecular weight excluding hydrogens is 255 g/mol. The molecule has 0 radical (unpaired) electrons. The average molecular weight is 273 g/mol. The summed E-state index contributed by atoms with van der Waals surface area (Å²) in [5, 5.41) is 3.24. The van der Waals surface area contributed by atoms with Crippen LogP contribution in [0.15, 0.2) is 12.1 Å². The molecule has 1 saturated heterocycles. The average Bonchev–Trinajstić information content (AvgIpc) is 2.39. The lowest BCUT2D eigenvalue weighted by molar-refractivity contribution is 0.146. The van der Waals surface area contributed by atoms with E-state index in [-0.39, 0.29) is 11.3 Å². The summed E-state index contributed by atoms with van der Waals surface area (Å²) < 4.78 is 44.3. The van der Waals surface area contributed by atoms with Gasteiger partial charge in [-0.3, -0.25) is 0 Å². The van der Waals surface area contributed by atoms with E-state index in [0.29, 0.717) is 17.9 Å². The Morgan fingerprint density at radius 3 is 2.58 bits per heavy atom. The Labute approximate surface area is 111 Å². The first-order valence-electron chi connectivity index (χ1n) is 6.47. The second kappa shape index (κ2) is 6.28. The van der Waals surface area contributed by atoms with Crippen molar-refractivity contribution in [3.8, 4) is 5.75 Å². The molecule has 5 heteroatoms.